The van der Waals surface area contributed by atoms with Crippen molar-refractivity contribution in [3.8, 4) is 5.75 Å². The second-order valence-electron chi connectivity index (χ2n) is 6.34. The molecule has 1 aromatic heterocycles. The van der Waals surface area contributed by atoms with E-state index in [1.165, 1.54) is 24.3 Å². The Morgan fingerprint density at radius 2 is 1.60 bits per heavy atom. The van der Waals surface area contributed by atoms with E-state index in [9.17, 15) is 13.2 Å². The largest absolute Gasteiger partial charge is 0.486 e. The minimum atomic E-state index is -4.07. The molecule has 1 N–H and O–H groups in total. The quantitative estimate of drug-likeness (QED) is 0.494. The standard InChI is InChI=1S/C21H16ClN3O4S/c22-15-10-12-17(13-11-15)30(27,28)24-25-20(14-29-16-6-2-1-3-7-16)23-19-9-5-4-8-18(19)21(25)26/h1-13,24H,14H2. The van der Waals surface area contributed by atoms with Crippen molar-refractivity contribution < 1.29 is 13.2 Å². The fourth-order valence-electron chi connectivity index (χ4n) is 2.82. The van der Waals surface area contributed by atoms with Gasteiger partial charge < -0.3 is 4.74 Å². The molecule has 0 saturated carbocycles. The van der Waals surface area contributed by atoms with Crippen molar-refractivity contribution in [1.82, 2.24) is 9.66 Å². The average molecular weight is 442 g/mol. The van der Waals surface area contributed by atoms with Crippen molar-refractivity contribution in [2.45, 2.75) is 11.5 Å². The third-order valence-corrected chi connectivity index (χ3v) is 5.86. The lowest BCUT2D eigenvalue weighted by Crippen LogP contribution is -2.36. The van der Waals surface area contributed by atoms with Crippen LogP contribution >= 0.6 is 11.6 Å². The van der Waals surface area contributed by atoms with Crippen LogP contribution < -0.4 is 15.1 Å². The first-order valence-electron chi connectivity index (χ1n) is 8.91. The highest BCUT2D eigenvalue weighted by Crippen LogP contribution is 2.16. The van der Waals surface area contributed by atoms with Crippen LogP contribution in [0, 0.1) is 0 Å². The van der Waals surface area contributed by atoms with Crippen LogP contribution in [0.1, 0.15) is 5.82 Å². The Balaban J connectivity index is 1.77. The Hall–Kier alpha value is -3.36. The number of fused-ring (bicyclic) bond motifs is 1. The Morgan fingerprint density at radius 3 is 2.33 bits per heavy atom. The molecule has 0 radical (unpaired) electrons. The molecule has 0 spiro atoms. The molecule has 0 unspecified atom stereocenters. The van der Waals surface area contributed by atoms with Gasteiger partial charge in [0.05, 0.1) is 15.8 Å². The van der Waals surface area contributed by atoms with E-state index in [0.717, 1.165) is 4.68 Å². The number of para-hydroxylation sites is 2. The Bertz CT molecular complexity index is 1350. The molecule has 30 heavy (non-hydrogen) atoms. The molecule has 7 nitrogen and oxygen atoms in total. The Labute approximate surface area is 177 Å². The van der Waals surface area contributed by atoms with Gasteiger partial charge in [-0.2, -0.15) is 13.1 Å². The van der Waals surface area contributed by atoms with Gasteiger partial charge in [0.15, 0.2) is 5.82 Å². The van der Waals surface area contributed by atoms with E-state index in [4.69, 9.17) is 16.3 Å². The van der Waals surface area contributed by atoms with Crippen molar-refractivity contribution >= 4 is 32.5 Å². The summed E-state index contributed by atoms with van der Waals surface area (Å²) in [6.45, 7) is -0.118. The Morgan fingerprint density at radius 1 is 0.933 bits per heavy atom. The molecule has 9 heteroatoms. The molecule has 0 amide bonds. The first kappa shape index (κ1) is 19.9. The molecule has 0 aliphatic carbocycles. The van der Waals surface area contributed by atoms with Crippen LogP contribution in [0.2, 0.25) is 5.02 Å². The van der Waals surface area contributed by atoms with Crippen LogP contribution in [-0.2, 0) is 16.6 Å². The summed E-state index contributed by atoms with van der Waals surface area (Å²) >= 11 is 5.84. The molecule has 0 saturated heterocycles. The van der Waals surface area contributed by atoms with Gasteiger partial charge in [-0.3, -0.25) is 4.79 Å². The monoisotopic (exact) mass is 441 g/mol. The Kier molecular flexibility index (Phi) is 5.43. The van der Waals surface area contributed by atoms with Gasteiger partial charge in [0, 0.05) is 5.02 Å². The second-order valence-corrected chi connectivity index (χ2v) is 8.43. The molecular formula is C21H16ClN3O4S. The van der Waals surface area contributed by atoms with Crippen molar-refractivity contribution in [1.29, 1.82) is 0 Å². The third-order valence-electron chi connectivity index (χ3n) is 4.29. The summed E-state index contributed by atoms with van der Waals surface area (Å²) in [5, 5.41) is 0.676. The molecule has 0 fully saturated rings. The lowest BCUT2D eigenvalue weighted by molar-refractivity contribution is 0.291. The molecule has 0 bridgehead atoms. The van der Waals surface area contributed by atoms with E-state index in [1.807, 2.05) is 6.07 Å². The lowest BCUT2D eigenvalue weighted by atomic mass is 10.2. The van der Waals surface area contributed by atoms with E-state index < -0.39 is 15.6 Å². The minimum absolute atomic E-state index is 0.0399. The number of aromatic nitrogens is 2. The van der Waals surface area contributed by atoms with Crippen molar-refractivity contribution in [2.75, 3.05) is 4.83 Å². The van der Waals surface area contributed by atoms with E-state index >= 15 is 0 Å². The zero-order chi connectivity index (χ0) is 21.1. The van der Waals surface area contributed by atoms with Crippen molar-refractivity contribution in [3.63, 3.8) is 0 Å². The number of nitrogens with one attached hydrogen (secondary N) is 1. The van der Waals surface area contributed by atoms with Gasteiger partial charge in [0.2, 0.25) is 0 Å². The number of rotatable bonds is 6. The first-order chi connectivity index (χ1) is 14.4. The third kappa shape index (κ3) is 4.14. The molecule has 4 aromatic rings. The molecule has 3 aromatic carbocycles. The van der Waals surface area contributed by atoms with Crippen LogP contribution in [0.5, 0.6) is 5.75 Å². The SMILES string of the molecule is O=c1c2ccccc2nc(COc2ccccc2)n1NS(=O)(=O)c1ccc(Cl)cc1. The summed E-state index contributed by atoms with van der Waals surface area (Å²) in [5.74, 6) is 0.673. The lowest BCUT2D eigenvalue weighted by Gasteiger charge is -2.16. The molecule has 4 rings (SSSR count). The van der Waals surface area contributed by atoms with E-state index in [2.05, 4.69) is 9.82 Å². The highest BCUT2D eigenvalue weighted by Gasteiger charge is 2.19. The van der Waals surface area contributed by atoms with Crippen LogP contribution in [0.4, 0.5) is 0 Å². The fraction of sp³-hybridized carbons (Fsp3) is 0.0476. The molecule has 0 aliphatic rings. The van der Waals surface area contributed by atoms with E-state index in [0.29, 0.717) is 16.3 Å². The fourth-order valence-corrected chi connectivity index (χ4v) is 3.98. The predicted octanol–water partition coefficient (Wildman–Crippen LogP) is 3.56. The zero-order valence-corrected chi connectivity index (χ0v) is 17.1. The van der Waals surface area contributed by atoms with Gasteiger partial charge >= 0.3 is 0 Å². The average Bonchev–Trinajstić information content (AvgIpc) is 2.75. The normalized spacial score (nSPS) is 11.4. The van der Waals surface area contributed by atoms with Gasteiger partial charge in [-0.15, -0.1) is 0 Å². The van der Waals surface area contributed by atoms with E-state index in [1.54, 1.807) is 48.5 Å². The zero-order valence-electron chi connectivity index (χ0n) is 15.5. The maximum Gasteiger partial charge on any atom is 0.280 e. The second kappa shape index (κ2) is 8.17. The smallest absolute Gasteiger partial charge is 0.280 e. The van der Waals surface area contributed by atoms with E-state index in [-0.39, 0.29) is 22.7 Å². The van der Waals surface area contributed by atoms with Crippen LogP contribution in [-0.4, -0.2) is 18.1 Å². The number of halogens is 1. The molecule has 1 heterocycles. The number of ether oxygens (including phenoxy) is 1. The number of benzene rings is 3. The molecular weight excluding hydrogens is 426 g/mol. The number of hydrogen-bond donors (Lipinski definition) is 1. The van der Waals surface area contributed by atoms with Crippen molar-refractivity contribution in [2.24, 2.45) is 0 Å². The minimum Gasteiger partial charge on any atom is -0.486 e. The van der Waals surface area contributed by atoms with Gasteiger partial charge in [-0.1, -0.05) is 41.9 Å². The summed E-state index contributed by atoms with van der Waals surface area (Å²) in [4.78, 5) is 19.7. The van der Waals surface area contributed by atoms with Gasteiger partial charge in [0.25, 0.3) is 15.6 Å². The first-order valence-corrected chi connectivity index (χ1v) is 10.8. The van der Waals surface area contributed by atoms with Crippen molar-refractivity contribution in [3.05, 3.63) is 100 Å². The number of sulfonamides is 1. The predicted molar refractivity (Wildman–Crippen MR) is 115 cm³/mol. The summed E-state index contributed by atoms with van der Waals surface area (Å²) < 4.78 is 32.3. The maximum atomic E-state index is 13.0. The van der Waals surface area contributed by atoms with Crippen LogP contribution in [0.25, 0.3) is 10.9 Å². The van der Waals surface area contributed by atoms with Crippen LogP contribution in [0.15, 0.2) is 88.6 Å². The molecule has 0 aliphatic heterocycles. The number of hydrogen-bond acceptors (Lipinski definition) is 5. The number of nitrogens with zero attached hydrogens (tertiary/aromatic N) is 2. The topological polar surface area (TPSA) is 90.3 Å². The molecule has 152 valence electrons. The summed E-state index contributed by atoms with van der Waals surface area (Å²) in [7, 11) is -4.07. The highest BCUT2D eigenvalue weighted by molar-refractivity contribution is 7.92. The van der Waals surface area contributed by atoms with Gasteiger partial charge in [0.1, 0.15) is 12.4 Å². The molecule has 0 atom stereocenters. The van der Waals surface area contributed by atoms with Crippen LogP contribution in [0.3, 0.4) is 0 Å². The summed E-state index contributed by atoms with van der Waals surface area (Å²) in [6, 6.07) is 21.3. The van der Waals surface area contributed by atoms with Gasteiger partial charge in [-0.05, 0) is 48.5 Å². The summed E-state index contributed by atoms with van der Waals surface area (Å²) in [6.07, 6.45) is 0. The summed E-state index contributed by atoms with van der Waals surface area (Å²) in [5.41, 5.74) is -0.110. The maximum absolute atomic E-state index is 13.0. The highest BCUT2D eigenvalue weighted by atomic mass is 35.5. The van der Waals surface area contributed by atoms with Gasteiger partial charge in [-0.25, -0.2) is 9.82 Å².